The first-order valence-electron chi connectivity index (χ1n) is 11.6. The van der Waals surface area contributed by atoms with Crippen molar-refractivity contribution in [1.29, 1.82) is 0 Å². The van der Waals surface area contributed by atoms with Crippen molar-refractivity contribution in [3.05, 3.63) is 65.9 Å². The van der Waals surface area contributed by atoms with E-state index in [1.54, 1.807) is 7.11 Å². The van der Waals surface area contributed by atoms with Gasteiger partial charge >= 0.3 is 6.03 Å². The van der Waals surface area contributed by atoms with Gasteiger partial charge in [-0.25, -0.2) is 9.48 Å². The Morgan fingerprint density at radius 3 is 2.61 bits per heavy atom. The molecule has 1 N–H and O–H groups in total. The molecular weight excluding hydrogens is 416 g/mol. The van der Waals surface area contributed by atoms with Crippen molar-refractivity contribution in [2.24, 2.45) is 5.92 Å². The fourth-order valence-corrected chi connectivity index (χ4v) is 3.71. The molecule has 1 aliphatic carbocycles. The zero-order valence-corrected chi connectivity index (χ0v) is 19.6. The van der Waals surface area contributed by atoms with E-state index in [1.165, 1.54) is 12.8 Å². The van der Waals surface area contributed by atoms with Crippen molar-refractivity contribution in [2.45, 2.75) is 39.7 Å². The molecule has 7 heteroatoms. The highest BCUT2D eigenvalue weighted by Crippen LogP contribution is 2.35. The molecule has 174 valence electrons. The topological polar surface area (TPSA) is 68.6 Å². The number of nitrogens with zero attached hydrogens (tertiary/aromatic N) is 3. The predicted octanol–water partition coefficient (Wildman–Crippen LogP) is 5.31. The second-order valence-electron chi connectivity index (χ2n) is 8.45. The van der Waals surface area contributed by atoms with Gasteiger partial charge in [-0.2, -0.15) is 5.10 Å². The number of para-hydroxylation sites is 1. The molecule has 2 aromatic carbocycles. The lowest BCUT2D eigenvalue weighted by Crippen LogP contribution is -2.41. The summed E-state index contributed by atoms with van der Waals surface area (Å²) in [6.07, 6.45) is 3.25. The number of carbonyl (C=O) groups is 1. The quantitative estimate of drug-likeness (QED) is 0.456. The van der Waals surface area contributed by atoms with Crippen LogP contribution in [0.2, 0.25) is 0 Å². The second-order valence-corrected chi connectivity index (χ2v) is 8.45. The molecule has 1 aliphatic rings. The standard InChI is InChI=1S/C26H32N4O3/c1-4-15-27-26(31)29(17-20-13-14-20)18-24-19(2)28-30(21-9-6-5-7-10-21)25(24)33-23-12-8-11-22(16-23)32-3/h5-12,16,20H,4,13-15,17-18H2,1-3H3,(H,27,31). The third-order valence-corrected chi connectivity index (χ3v) is 5.73. The summed E-state index contributed by atoms with van der Waals surface area (Å²) >= 11 is 0. The molecule has 0 bridgehead atoms. The van der Waals surface area contributed by atoms with Gasteiger partial charge in [0.2, 0.25) is 5.88 Å². The van der Waals surface area contributed by atoms with Crippen LogP contribution in [0.5, 0.6) is 17.4 Å². The largest absolute Gasteiger partial charge is 0.497 e. The maximum absolute atomic E-state index is 12.9. The van der Waals surface area contributed by atoms with Crippen molar-refractivity contribution in [2.75, 3.05) is 20.2 Å². The van der Waals surface area contributed by atoms with Gasteiger partial charge in [0.15, 0.2) is 0 Å². The molecule has 0 saturated heterocycles. The molecular formula is C26H32N4O3. The molecule has 1 heterocycles. The minimum Gasteiger partial charge on any atom is -0.497 e. The summed E-state index contributed by atoms with van der Waals surface area (Å²) in [6, 6.07) is 17.4. The van der Waals surface area contributed by atoms with Gasteiger partial charge in [-0.3, -0.25) is 0 Å². The van der Waals surface area contributed by atoms with Crippen LogP contribution in [0.25, 0.3) is 5.69 Å². The van der Waals surface area contributed by atoms with Gasteiger partial charge < -0.3 is 19.7 Å². The lowest BCUT2D eigenvalue weighted by Gasteiger charge is -2.23. The number of benzene rings is 2. The highest BCUT2D eigenvalue weighted by molar-refractivity contribution is 5.74. The summed E-state index contributed by atoms with van der Waals surface area (Å²) in [6.45, 7) is 5.86. The monoisotopic (exact) mass is 448 g/mol. The number of carbonyl (C=O) groups excluding carboxylic acids is 1. The summed E-state index contributed by atoms with van der Waals surface area (Å²) in [5.74, 6) is 2.54. The van der Waals surface area contributed by atoms with Crippen LogP contribution < -0.4 is 14.8 Å². The zero-order chi connectivity index (χ0) is 23.2. The van der Waals surface area contributed by atoms with E-state index >= 15 is 0 Å². The Morgan fingerprint density at radius 2 is 1.91 bits per heavy atom. The van der Waals surface area contributed by atoms with Crippen LogP contribution in [0.4, 0.5) is 4.79 Å². The van der Waals surface area contributed by atoms with Gasteiger partial charge in [-0.05, 0) is 56.4 Å². The van der Waals surface area contributed by atoms with Crippen LogP contribution >= 0.6 is 0 Å². The molecule has 3 aromatic rings. The van der Waals surface area contributed by atoms with Crippen LogP contribution in [0.3, 0.4) is 0 Å². The molecule has 4 rings (SSSR count). The molecule has 2 amide bonds. The highest BCUT2D eigenvalue weighted by atomic mass is 16.5. The Balaban J connectivity index is 1.71. The van der Waals surface area contributed by atoms with Crippen molar-refractivity contribution in [3.8, 4) is 23.1 Å². The number of rotatable bonds is 10. The molecule has 0 radical (unpaired) electrons. The van der Waals surface area contributed by atoms with Crippen molar-refractivity contribution in [3.63, 3.8) is 0 Å². The smallest absolute Gasteiger partial charge is 0.317 e. The molecule has 1 aromatic heterocycles. The summed E-state index contributed by atoms with van der Waals surface area (Å²) in [5.41, 5.74) is 2.63. The van der Waals surface area contributed by atoms with Gasteiger partial charge in [0.25, 0.3) is 0 Å². The van der Waals surface area contributed by atoms with Crippen LogP contribution in [0.15, 0.2) is 54.6 Å². The van der Waals surface area contributed by atoms with E-state index < -0.39 is 0 Å². The second kappa shape index (κ2) is 10.4. The van der Waals surface area contributed by atoms with E-state index in [-0.39, 0.29) is 6.03 Å². The number of aryl methyl sites for hydroxylation is 1. The molecule has 1 saturated carbocycles. The van der Waals surface area contributed by atoms with Crippen molar-refractivity contribution >= 4 is 6.03 Å². The SMILES string of the molecule is CCCNC(=O)N(Cc1c(C)nn(-c2ccccc2)c1Oc1cccc(OC)c1)CC1CC1. The van der Waals surface area contributed by atoms with Crippen LogP contribution in [0.1, 0.15) is 37.4 Å². The molecule has 0 unspecified atom stereocenters. The molecule has 7 nitrogen and oxygen atoms in total. The third-order valence-electron chi connectivity index (χ3n) is 5.73. The van der Waals surface area contributed by atoms with Gasteiger partial charge in [-0.15, -0.1) is 0 Å². The van der Waals surface area contributed by atoms with E-state index in [2.05, 4.69) is 12.2 Å². The number of nitrogens with one attached hydrogen (secondary N) is 1. The Kier molecular flexibility index (Phi) is 7.17. The molecule has 1 fully saturated rings. The maximum atomic E-state index is 12.9. The Morgan fingerprint density at radius 1 is 1.15 bits per heavy atom. The Hall–Kier alpha value is -3.48. The summed E-state index contributed by atoms with van der Waals surface area (Å²) < 4.78 is 13.6. The first-order chi connectivity index (χ1) is 16.1. The fourth-order valence-electron chi connectivity index (χ4n) is 3.71. The van der Waals surface area contributed by atoms with E-state index in [1.807, 2.05) is 71.1 Å². The number of methoxy groups -OCH3 is 1. The Bertz CT molecular complexity index is 1080. The zero-order valence-electron chi connectivity index (χ0n) is 19.6. The lowest BCUT2D eigenvalue weighted by atomic mass is 10.2. The Labute approximate surface area is 195 Å². The minimum atomic E-state index is -0.0389. The first kappa shape index (κ1) is 22.7. The van der Waals surface area contributed by atoms with E-state index in [9.17, 15) is 4.79 Å². The van der Waals surface area contributed by atoms with E-state index in [0.717, 1.165) is 29.9 Å². The minimum absolute atomic E-state index is 0.0389. The van der Waals surface area contributed by atoms with Crippen molar-refractivity contribution < 1.29 is 14.3 Å². The molecule has 0 spiro atoms. The summed E-state index contributed by atoms with van der Waals surface area (Å²) in [7, 11) is 1.63. The number of aromatic nitrogens is 2. The molecule has 33 heavy (non-hydrogen) atoms. The van der Waals surface area contributed by atoms with Gasteiger partial charge in [0.1, 0.15) is 11.5 Å². The van der Waals surface area contributed by atoms with Gasteiger partial charge in [0, 0.05) is 19.2 Å². The third kappa shape index (κ3) is 5.66. The normalized spacial score (nSPS) is 12.9. The number of hydrogen-bond donors (Lipinski definition) is 1. The number of hydrogen-bond acceptors (Lipinski definition) is 4. The average Bonchev–Trinajstić information content (AvgIpc) is 3.62. The molecule has 0 aliphatic heterocycles. The van der Waals surface area contributed by atoms with E-state index in [4.69, 9.17) is 14.6 Å². The van der Waals surface area contributed by atoms with Gasteiger partial charge in [0.05, 0.1) is 30.6 Å². The summed E-state index contributed by atoms with van der Waals surface area (Å²) in [4.78, 5) is 14.8. The highest BCUT2D eigenvalue weighted by Gasteiger charge is 2.29. The van der Waals surface area contributed by atoms with E-state index in [0.29, 0.717) is 36.4 Å². The van der Waals surface area contributed by atoms with Crippen LogP contribution in [-0.2, 0) is 6.54 Å². The number of urea groups is 1. The molecule has 0 atom stereocenters. The van der Waals surface area contributed by atoms with Crippen molar-refractivity contribution in [1.82, 2.24) is 20.0 Å². The lowest BCUT2D eigenvalue weighted by molar-refractivity contribution is 0.192. The summed E-state index contributed by atoms with van der Waals surface area (Å²) in [5, 5.41) is 7.82. The number of amides is 2. The maximum Gasteiger partial charge on any atom is 0.317 e. The average molecular weight is 449 g/mol. The fraction of sp³-hybridized carbons (Fsp3) is 0.385. The van der Waals surface area contributed by atoms with Crippen LogP contribution in [-0.4, -0.2) is 40.9 Å². The predicted molar refractivity (Wildman–Crippen MR) is 128 cm³/mol. The van der Waals surface area contributed by atoms with Gasteiger partial charge in [-0.1, -0.05) is 31.2 Å². The first-order valence-corrected chi connectivity index (χ1v) is 11.6. The van der Waals surface area contributed by atoms with Crippen LogP contribution in [0, 0.1) is 12.8 Å². The number of ether oxygens (including phenoxy) is 2.